The fourth-order valence-corrected chi connectivity index (χ4v) is 1.40. The Bertz CT molecular complexity index is 202. The Hall–Kier alpha value is -0.650. The van der Waals surface area contributed by atoms with Crippen molar-refractivity contribution in [2.75, 3.05) is 33.0 Å². The Morgan fingerprint density at radius 3 is 3.07 bits per heavy atom. The van der Waals surface area contributed by atoms with Gasteiger partial charge in [0, 0.05) is 32.6 Å². The number of amides is 1. The van der Waals surface area contributed by atoms with Gasteiger partial charge in [-0.2, -0.15) is 0 Å². The van der Waals surface area contributed by atoms with E-state index >= 15 is 0 Å². The molecule has 1 aliphatic rings. The minimum Gasteiger partial charge on any atom is -0.386 e. The molecule has 0 aromatic rings. The molecule has 1 heterocycles. The van der Waals surface area contributed by atoms with Crippen molar-refractivity contribution in [2.45, 2.75) is 25.4 Å². The number of nitrogens with one attached hydrogen (secondary N) is 1. The summed E-state index contributed by atoms with van der Waals surface area (Å²) in [6, 6.07) is 0. The van der Waals surface area contributed by atoms with Gasteiger partial charge in [0.1, 0.15) is 5.60 Å². The number of carbonyl (C=O) groups excluding carboxylic acids is 1. The van der Waals surface area contributed by atoms with E-state index in [9.17, 15) is 9.90 Å². The zero-order valence-corrected chi connectivity index (χ0v) is 9.12. The molecule has 1 saturated heterocycles. The number of rotatable bonds is 6. The maximum atomic E-state index is 11.3. The molecule has 1 fully saturated rings. The van der Waals surface area contributed by atoms with E-state index in [0.717, 1.165) is 0 Å². The predicted octanol–water partition coefficient (Wildman–Crippen LogP) is -0.319. The van der Waals surface area contributed by atoms with Gasteiger partial charge in [0.15, 0.2) is 0 Å². The third-order valence-corrected chi connectivity index (χ3v) is 2.37. The van der Waals surface area contributed by atoms with E-state index in [1.165, 1.54) is 0 Å². The van der Waals surface area contributed by atoms with Gasteiger partial charge in [0.2, 0.25) is 5.91 Å². The van der Waals surface area contributed by atoms with Crippen LogP contribution in [0.1, 0.15) is 19.8 Å². The van der Waals surface area contributed by atoms with Crippen molar-refractivity contribution >= 4 is 5.91 Å². The lowest BCUT2D eigenvalue weighted by Crippen LogP contribution is -2.43. The van der Waals surface area contributed by atoms with Crippen molar-refractivity contribution in [1.82, 2.24) is 5.32 Å². The van der Waals surface area contributed by atoms with E-state index in [-0.39, 0.29) is 12.5 Å². The maximum Gasteiger partial charge on any atom is 0.222 e. The van der Waals surface area contributed by atoms with E-state index in [1.54, 1.807) is 0 Å². The fourth-order valence-electron chi connectivity index (χ4n) is 1.40. The summed E-state index contributed by atoms with van der Waals surface area (Å²) in [5, 5.41) is 12.5. The van der Waals surface area contributed by atoms with Crippen LogP contribution in [0.5, 0.6) is 0 Å². The molecule has 1 amide bonds. The molecule has 0 saturated carbocycles. The molecule has 88 valence electrons. The smallest absolute Gasteiger partial charge is 0.222 e. The number of carbonyl (C=O) groups is 1. The van der Waals surface area contributed by atoms with E-state index in [0.29, 0.717) is 39.3 Å². The molecule has 0 aromatic carbocycles. The molecule has 15 heavy (non-hydrogen) atoms. The molecular weight excluding hydrogens is 198 g/mol. The van der Waals surface area contributed by atoms with Crippen molar-refractivity contribution in [2.24, 2.45) is 0 Å². The van der Waals surface area contributed by atoms with Gasteiger partial charge in [-0.3, -0.25) is 4.79 Å². The van der Waals surface area contributed by atoms with Crippen LogP contribution in [0.2, 0.25) is 0 Å². The first kappa shape index (κ1) is 12.4. The number of ether oxygens (including phenoxy) is 2. The fraction of sp³-hybridized carbons (Fsp3) is 0.900. The van der Waals surface area contributed by atoms with Crippen LogP contribution in [0.4, 0.5) is 0 Å². The van der Waals surface area contributed by atoms with Crippen molar-refractivity contribution in [3.05, 3.63) is 0 Å². The first-order chi connectivity index (χ1) is 7.16. The Labute approximate surface area is 89.8 Å². The van der Waals surface area contributed by atoms with Gasteiger partial charge in [-0.15, -0.1) is 0 Å². The summed E-state index contributed by atoms with van der Waals surface area (Å²) in [6.07, 6.45) is 0.920. The van der Waals surface area contributed by atoms with Crippen LogP contribution in [0.3, 0.4) is 0 Å². The zero-order chi connectivity index (χ0) is 11.1. The molecule has 0 aromatic heterocycles. The van der Waals surface area contributed by atoms with Crippen molar-refractivity contribution < 1.29 is 19.4 Å². The highest BCUT2D eigenvalue weighted by atomic mass is 16.5. The molecule has 5 nitrogen and oxygen atoms in total. The Morgan fingerprint density at radius 2 is 2.47 bits per heavy atom. The van der Waals surface area contributed by atoms with Crippen LogP contribution in [-0.2, 0) is 14.3 Å². The summed E-state index contributed by atoms with van der Waals surface area (Å²) in [7, 11) is 0. The third kappa shape index (κ3) is 4.59. The van der Waals surface area contributed by atoms with Gasteiger partial charge in [-0.1, -0.05) is 0 Å². The standard InChI is InChI=1S/C10H19NO4/c1-2-14-5-3-9(12)11-7-10(13)4-6-15-8-10/h13H,2-8H2,1H3,(H,11,12). The van der Waals surface area contributed by atoms with Crippen molar-refractivity contribution in [3.8, 4) is 0 Å². The Kier molecular flexibility index (Phi) is 5.01. The van der Waals surface area contributed by atoms with Crippen molar-refractivity contribution in [1.29, 1.82) is 0 Å². The summed E-state index contributed by atoms with van der Waals surface area (Å²) in [5.74, 6) is -0.0937. The number of aliphatic hydroxyl groups is 1. The van der Waals surface area contributed by atoms with Gasteiger partial charge in [0.25, 0.3) is 0 Å². The van der Waals surface area contributed by atoms with Crippen LogP contribution >= 0.6 is 0 Å². The van der Waals surface area contributed by atoms with Gasteiger partial charge in [-0.05, 0) is 6.92 Å². The van der Waals surface area contributed by atoms with Crippen LogP contribution in [0.15, 0.2) is 0 Å². The monoisotopic (exact) mass is 217 g/mol. The Balaban J connectivity index is 2.10. The average Bonchev–Trinajstić information content (AvgIpc) is 2.64. The van der Waals surface area contributed by atoms with E-state index < -0.39 is 5.60 Å². The molecule has 1 rings (SSSR count). The van der Waals surface area contributed by atoms with Crippen LogP contribution in [-0.4, -0.2) is 49.6 Å². The average molecular weight is 217 g/mol. The van der Waals surface area contributed by atoms with Gasteiger partial charge < -0.3 is 19.9 Å². The minimum absolute atomic E-state index is 0.0937. The highest BCUT2D eigenvalue weighted by Crippen LogP contribution is 2.16. The molecule has 1 aliphatic heterocycles. The van der Waals surface area contributed by atoms with Crippen LogP contribution in [0, 0.1) is 0 Å². The summed E-state index contributed by atoms with van der Waals surface area (Å²) in [6.45, 7) is 4.06. The van der Waals surface area contributed by atoms with Crippen molar-refractivity contribution in [3.63, 3.8) is 0 Å². The van der Waals surface area contributed by atoms with E-state index in [1.807, 2.05) is 6.92 Å². The second kappa shape index (κ2) is 6.05. The lowest BCUT2D eigenvalue weighted by molar-refractivity contribution is -0.123. The quantitative estimate of drug-likeness (QED) is 0.598. The lowest BCUT2D eigenvalue weighted by atomic mass is 10.0. The molecule has 0 aliphatic carbocycles. The first-order valence-corrected chi connectivity index (χ1v) is 5.31. The molecule has 2 N–H and O–H groups in total. The van der Waals surface area contributed by atoms with Crippen LogP contribution < -0.4 is 5.32 Å². The summed E-state index contributed by atoms with van der Waals surface area (Å²) < 4.78 is 10.1. The normalized spacial score (nSPS) is 25.5. The molecule has 1 atom stereocenters. The molecule has 0 spiro atoms. The zero-order valence-electron chi connectivity index (χ0n) is 9.12. The highest BCUT2D eigenvalue weighted by molar-refractivity contribution is 5.76. The summed E-state index contributed by atoms with van der Waals surface area (Å²) in [5.41, 5.74) is -0.874. The Morgan fingerprint density at radius 1 is 1.67 bits per heavy atom. The largest absolute Gasteiger partial charge is 0.386 e. The van der Waals surface area contributed by atoms with E-state index in [2.05, 4.69) is 5.32 Å². The second-order valence-corrected chi connectivity index (χ2v) is 3.75. The highest BCUT2D eigenvalue weighted by Gasteiger charge is 2.32. The molecule has 5 heteroatoms. The van der Waals surface area contributed by atoms with Crippen LogP contribution in [0.25, 0.3) is 0 Å². The lowest BCUT2D eigenvalue weighted by Gasteiger charge is -2.20. The molecule has 0 bridgehead atoms. The SMILES string of the molecule is CCOCCC(=O)NCC1(O)CCOC1. The first-order valence-electron chi connectivity index (χ1n) is 5.31. The third-order valence-electron chi connectivity index (χ3n) is 2.37. The number of hydrogen-bond acceptors (Lipinski definition) is 4. The van der Waals surface area contributed by atoms with Gasteiger partial charge in [-0.25, -0.2) is 0 Å². The van der Waals surface area contributed by atoms with E-state index in [4.69, 9.17) is 9.47 Å². The molecule has 0 radical (unpaired) electrons. The minimum atomic E-state index is -0.874. The maximum absolute atomic E-state index is 11.3. The summed E-state index contributed by atoms with van der Waals surface area (Å²) in [4.78, 5) is 11.3. The number of hydrogen-bond donors (Lipinski definition) is 2. The molecular formula is C10H19NO4. The van der Waals surface area contributed by atoms with Gasteiger partial charge in [0.05, 0.1) is 13.2 Å². The second-order valence-electron chi connectivity index (χ2n) is 3.75. The summed E-state index contributed by atoms with van der Waals surface area (Å²) >= 11 is 0. The topological polar surface area (TPSA) is 67.8 Å². The van der Waals surface area contributed by atoms with Gasteiger partial charge >= 0.3 is 0 Å². The molecule has 1 unspecified atom stereocenters. The predicted molar refractivity (Wildman–Crippen MR) is 54.5 cm³/mol.